The van der Waals surface area contributed by atoms with E-state index in [1.54, 1.807) is 30.3 Å². The summed E-state index contributed by atoms with van der Waals surface area (Å²) in [5.74, 6) is -0.599. The Kier molecular flexibility index (Phi) is 5.38. The van der Waals surface area contributed by atoms with Crippen LogP contribution in [-0.2, 0) is 14.8 Å². The second-order valence-corrected chi connectivity index (χ2v) is 7.27. The van der Waals surface area contributed by atoms with Crippen LogP contribution in [0.4, 0.5) is 17.1 Å². The van der Waals surface area contributed by atoms with Crippen LogP contribution >= 0.6 is 0 Å². The number of hydrogen-bond acceptors (Lipinski definition) is 5. The van der Waals surface area contributed by atoms with Gasteiger partial charge in [-0.25, -0.2) is 8.42 Å². The van der Waals surface area contributed by atoms with Gasteiger partial charge >= 0.3 is 0 Å². The molecule has 9 heteroatoms. The third-order valence-electron chi connectivity index (χ3n) is 3.51. The highest BCUT2D eigenvalue weighted by Gasteiger charge is 2.22. The summed E-state index contributed by atoms with van der Waals surface area (Å²) in [6.45, 7) is 1.07. The molecule has 0 spiro atoms. The molecular formula is C16H17N3O5S. The summed E-state index contributed by atoms with van der Waals surface area (Å²) in [5, 5.41) is 13.5. The standard InChI is InChI=1S/C16H17N3O5S/c1-12-14(9-6-10-15(12)19(21)22)17-16(20)11-18(25(2,23)24)13-7-4-3-5-8-13/h3-10H,11H2,1-2H3,(H,17,20). The van der Waals surface area contributed by atoms with Gasteiger partial charge in [0.05, 0.1) is 28.1 Å². The van der Waals surface area contributed by atoms with E-state index in [0.717, 1.165) is 10.6 Å². The molecule has 2 aromatic rings. The highest BCUT2D eigenvalue weighted by Crippen LogP contribution is 2.25. The zero-order chi connectivity index (χ0) is 18.6. The highest BCUT2D eigenvalue weighted by molar-refractivity contribution is 7.92. The summed E-state index contributed by atoms with van der Waals surface area (Å²) in [5.41, 5.74) is 0.795. The van der Waals surface area contributed by atoms with Gasteiger partial charge in [-0.3, -0.25) is 19.2 Å². The number of rotatable bonds is 6. The van der Waals surface area contributed by atoms with E-state index in [1.807, 2.05) is 0 Å². The van der Waals surface area contributed by atoms with Crippen LogP contribution in [0.2, 0.25) is 0 Å². The van der Waals surface area contributed by atoms with E-state index in [-0.39, 0.29) is 11.4 Å². The van der Waals surface area contributed by atoms with Crippen LogP contribution in [0.5, 0.6) is 0 Å². The van der Waals surface area contributed by atoms with Crippen LogP contribution in [-0.4, -0.2) is 32.0 Å². The molecule has 0 atom stereocenters. The first-order valence-corrected chi connectivity index (χ1v) is 9.11. The number of nitrogens with one attached hydrogen (secondary N) is 1. The monoisotopic (exact) mass is 363 g/mol. The third-order valence-corrected chi connectivity index (χ3v) is 4.65. The fourth-order valence-electron chi connectivity index (χ4n) is 2.27. The summed E-state index contributed by atoms with van der Waals surface area (Å²) >= 11 is 0. The second kappa shape index (κ2) is 7.31. The van der Waals surface area contributed by atoms with Crippen LogP contribution in [0.25, 0.3) is 0 Å². The number of nitrogens with zero attached hydrogens (tertiary/aromatic N) is 2. The molecule has 0 aliphatic carbocycles. The van der Waals surface area contributed by atoms with Crippen molar-refractivity contribution in [3.63, 3.8) is 0 Å². The van der Waals surface area contributed by atoms with E-state index in [2.05, 4.69) is 5.32 Å². The summed E-state index contributed by atoms with van der Waals surface area (Å²) < 4.78 is 24.9. The summed E-state index contributed by atoms with van der Waals surface area (Å²) in [4.78, 5) is 22.7. The average Bonchev–Trinajstić information content (AvgIpc) is 2.54. The van der Waals surface area contributed by atoms with Crippen molar-refractivity contribution in [3.05, 3.63) is 64.2 Å². The van der Waals surface area contributed by atoms with Crippen LogP contribution in [0, 0.1) is 17.0 Å². The number of carbonyl (C=O) groups is 1. The number of anilines is 2. The Morgan fingerprint density at radius 2 is 1.80 bits per heavy atom. The topological polar surface area (TPSA) is 110 Å². The Morgan fingerprint density at radius 1 is 1.16 bits per heavy atom. The molecule has 0 radical (unpaired) electrons. The molecule has 2 aromatic carbocycles. The first-order valence-electron chi connectivity index (χ1n) is 7.27. The molecule has 132 valence electrons. The van der Waals surface area contributed by atoms with Crippen molar-refractivity contribution in [1.82, 2.24) is 0 Å². The van der Waals surface area contributed by atoms with E-state index < -0.39 is 27.4 Å². The molecule has 0 saturated carbocycles. The second-order valence-electron chi connectivity index (χ2n) is 5.36. The molecule has 8 nitrogen and oxygen atoms in total. The smallest absolute Gasteiger partial charge is 0.274 e. The van der Waals surface area contributed by atoms with Gasteiger partial charge in [0.1, 0.15) is 6.54 Å². The molecule has 2 rings (SSSR count). The largest absolute Gasteiger partial charge is 0.324 e. The normalized spacial score (nSPS) is 11.0. The van der Waals surface area contributed by atoms with Crippen LogP contribution in [0.1, 0.15) is 5.56 Å². The molecule has 0 aliphatic heterocycles. The third kappa shape index (κ3) is 4.54. The van der Waals surface area contributed by atoms with Gasteiger partial charge in [-0.15, -0.1) is 0 Å². The van der Waals surface area contributed by atoms with Gasteiger partial charge in [-0.1, -0.05) is 24.3 Å². The van der Waals surface area contributed by atoms with Crippen LogP contribution in [0.15, 0.2) is 48.5 Å². The molecule has 25 heavy (non-hydrogen) atoms. The minimum absolute atomic E-state index is 0.124. The lowest BCUT2D eigenvalue weighted by molar-refractivity contribution is -0.385. The van der Waals surface area contributed by atoms with Crippen molar-refractivity contribution in [2.45, 2.75) is 6.92 Å². The lowest BCUT2D eigenvalue weighted by atomic mass is 10.1. The van der Waals surface area contributed by atoms with Crippen molar-refractivity contribution in [1.29, 1.82) is 0 Å². The molecule has 0 aromatic heterocycles. The Bertz CT molecular complexity index is 897. The van der Waals surface area contributed by atoms with Crippen molar-refractivity contribution in [2.75, 3.05) is 22.4 Å². The predicted molar refractivity (Wildman–Crippen MR) is 95.1 cm³/mol. The van der Waals surface area contributed by atoms with Crippen molar-refractivity contribution >= 4 is 33.0 Å². The maximum absolute atomic E-state index is 12.3. The van der Waals surface area contributed by atoms with E-state index >= 15 is 0 Å². The van der Waals surface area contributed by atoms with Gasteiger partial charge in [0, 0.05) is 6.07 Å². The van der Waals surface area contributed by atoms with Crippen LogP contribution < -0.4 is 9.62 Å². The Hall–Kier alpha value is -2.94. The average molecular weight is 363 g/mol. The Morgan fingerprint density at radius 3 is 2.36 bits per heavy atom. The molecule has 0 fully saturated rings. The molecule has 1 amide bonds. The van der Waals surface area contributed by atoms with E-state index in [0.29, 0.717) is 11.3 Å². The number of hydrogen-bond donors (Lipinski definition) is 1. The van der Waals surface area contributed by atoms with Crippen molar-refractivity contribution in [2.24, 2.45) is 0 Å². The molecule has 1 N–H and O–H groups in total. The zero-order valence-corrected chi connectivity index (χ0v) is 14.5. The number of benzene rings is 2. The summed E-state index contributed by atoms with van der Waals surface area (Å²) in [7, 11) is -3.67. The zero-order valence-electron chi connectivity index (χ0n) is 13.7. The number of nitro groups is 1. The van der Waals surface area contributed by atoms with Gasteiger partial charge in [0.25, 0.3) is 5.69 Å². The Balaban J connectivity index is 2.24. The molecule has 0 heterocycles. The van der Waals surface area contributed by atoms with Crippen molar-refractivity contribution in [3.8, 4) is 0 Å². The Labute approximate surface area is 145 Å². The minimum atomic E-state index is -3.67. The maximum atomic E-state index is 12.3. The predicted octanol–water partition coefficient (Wildman–Crippen LogP) is 2.31. The van der Waals surface area contributed by atoms with Gasteiger partial charge < -0.3 is 5.32 Å². The van der Waals surface area contributed by atoms with E-state index in [4.69, 9.17) is 0 Å². The lowest BCUT2D eigenvalue weighted by Gasteiger charge is -2.22. The quantitative estimate of drug-likeness (QED) is 0.625. The summed E-state index contributed by atoms with van der Waals surface area (Å²) in [6, 6.07) is 12.5. The van der Waals surface area contributed by atoms with E-state index in [9.17, 15) is 23.3 Å². The first-order chi connectivity index (χ1) is 11.7. The van der Waals surface area contributed by atoms with Gasteiger partial charge in [0.2, 0.25) is 15.9 Å². The first kappa shape index (κ1) is 18.4. The van der Waals surface area contributed by atoms with Crippen LogP contribution in [0.3, 0.4) is 0 Å². The molecular weight excluding hydrogens is 346 g/mol. The van der Waals surface area contributed by atoms with Crippen molar-refractivity contribution < 1.29 is 18.1 Å². The maximum Gasteiger partial charge on any atom is 0.274 e. The minimum Gasteiger partial charge on any atom is -0.324 e. The van der Waals surface area contributed by atoms with E-state index in [1.165, 1.54) is 25.1 Å². The molecule has 0 unspecified atom stereocenters. The fraction of sp³-hybridized carbons (Fsp3) is 0.188. The summed E-state index contributed by atoms with van der Waals surface area (Å²) in [6.07, 6.45) is 1.01. The lowest BCUT2D eigenvalue weighted by Crippen LogP contribution is -2.37. The number of sulfonamides is 1. The number of para-hydroxylation sites is 1. The molecule has 0 aliphatic rings. The molecule has 0 bridgehead atoms. The van der Waals surface area contributed by atoms with Gasteiger partial charge in [-0.05, 0) is 25.1 Å². The number of carbonyl (C=O) groups excluding carboxylic acids is 1. The highest BCUT2D eigenvalue weighted by atomic mass is 32.2. The van der Waals surface area contributed by atoms with Gasteiger partial charge in [0.15, 0.2) is 0 Å². The SMILES string of the molecule is Cc1c(NC(=O)CN(c2ccccc2)S(C)(=O)=O)cccc1[N+](=O)[O-]. The van der Waals surface area contributed by atoms with Gasteiger partial charge in [-0.2, -0.15) is 0 Å². The number of nitro benzene ring substituents is 1. The molecule has 0 saturated heterocycles. The number of amides is 1. The fourth-order valence-corrected chi connectivity index (χ4v) is 3.13.